The number of rotatable bonds is 1. The van der Waals surface area contributed by atoms with E-state index in [4.69, 9.17) is 4.74 Å². The molecule has 1 aliphatic heterocycles. The number of carbonyl (C=O) groups is 1. The second-order valence-electron chi connectivity index (χ2n) is 10.9. The van der Waals surface area contributed by atoms with Crippen LogP contribution in [-0.2, 0) is 9.53 Å². The average molecular weight is 391 g/mol. The molecule has 28 heavy (non-hydrogen) atoms. The Morgan fingerprint density at radius 2 is 1.86 bits per heavy atom. The summed E-state index contributed by atoms with van der Waals surface area (Å²) < 4.78 is 5.14. The third-order valence-corrected chi connectivity index (χ3v) is 9.92. The van der Waals surface area contributed by atoms with Crippen molar-refractivity contribution in [2.75, 3.05) is 6.61 Å². The monoisotopic (exact) mass is 390 g/mol. The van der Waals surface area contributed by atoms with Crippen molar-refractivity contribution in [3.63, 3.8) is 0 Å². The lowest BCUT2D eigenvalue weighted by atomic mass is 9.43. The van der Waals surface area contributed by atoms with Crippen molar-refractivity contribution in [1.29, 1.82) is 0 Å². The van der Waals surface area contributed by atoms with Crippen LogP contribution in [0.25, 0.3) is 0 Å². The minimum Gasteiger partial charge on any atom is -0.458 e. The Kier molecular flexibility index (Phi) is 4.12. The van der Waals surface area contributed by atoms with E-state index in [9.17, 15) is 20.1 Å². The summed E-state index contributed by atoms with van der Waals surface area (Å²) in [5.41, 5.74) is -0.301. The number of carbonyl (C=O) groups excluding carboxylic acids is 1. The molecule has 0 radical (unpaired) electrons. The molecule has 4 saturated carbocycles. The first-order chi connectivity index (χ1) is 13.2. The third-order valence-electron chi connectivity index (χ3n) is 9.92. The minimum absolute atomic E-state index is 0.170. The Morgan fingerprint density at radius 1 is 1.07 bits per heavy atom. The maximum absolute atomic E-state index is 12.1. The molecule has 1 heterocycles. The van der Waals surface area contributed by atoms with E-state index in [1.807, 2.05) is 0 Å². The van der Waals surface area contributed by atoms with Crippen LogP contribution in [0.4, 0.5) is 0 Å². The molecule has 9 atom stereocenters. The molecule has 156 valence electrons. The van der Waals surface area contributed by atoms with Crippen LogP contribution in [0.1, 0.15) is 65.2 Å². The molecule has 3 N–H and O–H groups in total. The van der Waals surface area contributed by atoms with E-state index < -0.39 is 17.1 Å². The fraction of sp³-hybridized carbons (Fsp3) is 0.870. The second kappa shape index (κ2) is 6.05. The number of aliphatic hydroxyl groups excluding tert-OH is 2. The lowest BCUT2D eigenvalue weighted by Crippen LogP contribution is -2.62. The van der Waals surface area contributed by atoms with Gasteiger partial charge in [-0.15, -0.1) is 0 Å². The average Bonchev–Trinajstić information content (AvgIpc) is 3.13. The Bertz CT molecular complexity index is 718. The van der Waals surface area contributed by atoms with Crippen molar-refractivity contribution in [1.82, 2.24) is 0 Å². The highest BCUT2D eigenvalue weighted by atomic mass is 16.5. The molecule has 0 aromatic heterocycles. The van der Waals surface area contributed by atoms with Gasteiger partial charge in [0.1, 0.15) is 6.61 Å². The standard InChI is InChI=1S/C23H34O5/c1-21-7-5-15(24)10-14(21)3-4-17-16(21)6-8-22(2)20(13-9-19(26)28-12-13)18(25)11-23(17,22)27/h9,14-18,20,24-25,27H,3-8,10-12H2,1-2H3/t14-,15-,16-,17+,18+,20-,21+,22-,23+/m1/s1. The summed E-state index contributed by atoms with van der Waals surface area (Å²) >= 11 is 0. The van der Waals surface area contributed by atoms with Crippen LogP contribution in [0.2, 0.25) is 0 Å². The van der Waals surface area contributed by atoms with Gasteiger partial charge in [-0.3, -0.25) is 0 Å². The maximum atomic E-state index is 12.1. The number of fused-ring (bicyclic) bond motifs is 5. The van der Waals surface area contributed by atoms with Gasteiger partial charge in [-0.05, 0) is 73.7 Å². The van der Waals surface area contributed by atoms with Crippen molar-refractivity contribution in [3.05, 3.63) is 11.6 Å². The largest absolute Gasteiger partial charge is 0.458 e. The molecule has 0 amide bonds. The van der Waals surface area contributed by atoms with Crippen molar-refractivity contribution in [2.45, 2.75) is 83.0 Å². The van der Waals surface area contributed by atoms with E-state index in [1.165, 1.54) is 6.08 Å². The molecule has 0 unspecified atom stereocenters. The fourth-order valence-corrected chi connectivity index (χ4v) is 8.47. The Morgan fingerprint density at radius 3 is 2.57 bits per heavy atom. The van der Waals surface area contributed by atoms with Crippen LogP contribution < -0.4 is 0 Å². The molecule has 4 fully saturated rings. The molecule has 5 nitrogen and oxygen atoms in total. The van der Waals surface area contributed by atoms with Gasteiger partial charge in [0, 0.05) is 23.8 Å². The van der Waals surface area contributed by atoms with Crippen LogP contribution in [0, 0.1) is 34.5 Å². The van der Waals surface area contributed by atoms with Crippen LogP contribution in [0.15, 0.2) is 11.6 Å². The summed E-state index contributed by atoms with van der Waals surface area (Å²) in [7, 11) is 0. The lowest BCUT2D eigenvalue weighted by molar-refractivity contribution is -0.208. The van der Waals surface area contributed by atoms with Gasteiger partial charge >= 0.3 is 5.97 Å². The number of ether oxygens (including phenoxy) is 1. The number of esters is 1. The van der Waals surface area contributed by atoms with E-state index in [0.717, 1.165) is 50.5 Å². The highest BCUT2D eigenvalue weighted by molar-refractivity contribution is 5.85. The van der Waals surface area contributed by atoms with Gasteiger partial charge in [-0.1, -0.05) is 13.8 Å². The van der Waals surface area contributed by atoms with Crippen LogP contribution in [-0.4, -0.2) is 45.7 Å². The Hall–Kier alpha value is -0.910. The molecule has 0 spiro atoms. The predicted octanol–water partition coefficient (Wildman–Crippen LogP) is 2.58. The van der Waals surface area contributed by atoms with Gasteiger partial charge < -0.3 is 20.1 Å². The van der Waals surface area contributed by atoms with Crippen molar-refractivity contribution >= 4 is 5.97 Å². The Labute approximate surface area is 167 Å². The molecule has 0 saturated heterocycles. The summed E-state index contributed by atoms with van der Waals surface area (Å²) in [4.78, 5) is 11.7. The van der Waals surface area contributed by atoms with Crippen molar-refractivity contribution in [2.24, 2.45) is 34.5 Å². The third kappa shape index (κ3) is 2.33. The molecule has 0 bridgehead atoms. The van der Waals surface area contributed by atoms with Crippen LogP contribution in [0.5, 0.6) is 0 Å². The van der Waals surface area contributed by atoms with E-state index in [0.29, 0.717) is 18.3 Å². The first-order valence-electron chi connectivity index (χ1n) is 11.1. The molecule has 0 aromatic carbocycles. The summed E-state index contributed by atoms with van der Waals surface area (Å²) in [6, 6.07) is 0. The molecule has 4 aliphatic carbocycles. The summed E-state index contributed by atoms with van der Waals surface area (Å²) in [6.45, 7) is 4.77. The highest BCUT2D eigenvalue weighted by Crippen LogP contribution is 2.69. The smallest absolute Gasteiger partial charge is 0.331 e. The summed E-state index contributed by atoms with van der Waals surface area (Å²) in [5.74, 6) is 0.627. The quantitative estimate of drug-likeness (QED) is 0.599. The van der Waals surface area contributed by atoms with E-state index in [-0.39, 0.29) is 35.9 Å². The number of cyclic esters (lactones) is 1. The van der Waals surface area contributed by atoms with Gasteiger partial charge in [-0.2, -0.15) is 0 Å². The fourth-order valence-electron chi connectivity index (χ4n) is 8.47. The second-order valence-corrected chi connectivity index (χ2v) is 10.9. The van der Waals surface area contributed by atoms with E-state index >= 15 is 0 Å². The van der Waals surface area contributed by atoms with Gasteiger partial charge in [0.2, 0.25) is 0 Å². The predicted molar refractivity (Wildman–Crippen MR) is 103 cm³/mol. The zero-order valence-electron chi connectivity index (χ0n) is 17.1. The summed E-state index contributed by atoms with van der Waals surface area (Å²) in [5, 5.41) is 33.3. The first-order valence-corrected chi connectivity index (χ1v) is 11.1. The first kappa shape index (κ1) is 19.1. The van der Waals surface area contributed by atoms with Gasteiger partial charge in [0.15, 0.2) is 0 Å². The number of hydrogen-bond donors (Lipinski definition) is 3. The van der Waals surface area contributed by atoms with Gasteiger partial charge in [0.25, 0.3) is 0 Å². The zero-order chi connectivity index (χ0) is 19.9. The lowest BCUT2D eigenvalue weighted by Gasteiger charge is -2.63. The van der Waals surface area contributed by atoms with E-state index in [1.54, 1.807) is 0 Å². The van der Waals surface area contributed by atoms with Gasteiger partial charge in [0.05, 0.1) is 17.8 Å². The molecule has 0 aromatic rings. The Balaban J connectivity index is 1.50. The van der Waals surface area contributed by atoms with Crippen molar-refractivity contribution in [3.8, 4) is 0 Å². The minimum atomic E-state index is -0.906. The SMILES string of the molecule is C[C@]12CC[C@@H](O)C[C@H]1CC[C@H]1[C@H]2CC[C@]2(C)[C@H](C3=CC(=O)OC3)[C@@H](O)C[C@]12O. The highest BCUT2D eigenvalue weighted by Gasteiger charge is 2.70. The topological polar surface area (TPSA) is 87.0 Å². The van der Waals surface area contributed by atoms with Crippen LogP contribution in [0.3, 0.4) is 0 Å². The van der Waals surface area contributed by atoms with Crippen molar-refractivity contribution < 1.29 is 24.9 Å². The number of hydrogen-bond acceptors (Lipinski definition) is 5. The maximum Gasteiger partial charge on any atom is 0.331 e. The zero-order valence-corrected chi connectivity index (χ0v) is 17.1. The van der Waals surface area contributed by atoms with Crippen LogP contribution >= 0.6 is 0 Å². The van der Waals surface area contributed by atoms with Gasteiger partial charge in [-0.25, -0.2) is 4.79 Å². The normalized spacial score (nSPS) is 55.8. The molecule has 5 rings (SSSR count). The molecular weight excluding hydrogens is 356 g/mol. The summed E-state index contributed by atoms with van der Waals surface area (Å²) in [6.07, 6.45) is 7.87. The molecule has 5 heteroatoms. The molecule has 5 aliphatic rings. The van der Waals surface area contributed by atoms with E-state index in [2.05, 4.69) is 13.8 Å². The molecular formula is C23H34O5. The number of aliphatic hydroxyl groups is 3.